The van der Waals surface area contributed by atoms with Crippen molar-refractivity contribution in [1.82, 2.24) is 0 Å². The van der Waals surface area contributed by atoms with Gasteiger partial charge in [0, 0.05) is 5.56 Å². The first-order valence-corrected chi connectivity index (χ1v) is 15.4. The number of hydrogen-bond donors (Lipinski definition) is 4. The standard InChI is InChI=1S/C29H50O2.Na.H3O4P.H/c1-20(2)12-9-13-21(3)14-10-15-22(4)16-11-18-29(8)19-17-26-25(7)27(30)23(5)24(6)28(26)31-29;;1-5(2,3)4;/h20-22,30H,9-19H2,1-8H3;;(H3,1,2,3,4);/t21-,22-,29-;;;/m1.../s1. The fourth-order valence-corrected chi connectivity index (χ4v) is 5.27. The molecule has 0 saturated heterocycles. The molecule has 0 unspecified atom stereocenters. The summed E-state index contributed by atoms with van der Waals surface area (Å²) in [4.78, 5) is 21.6. The van der Waals surface area contributed by atoms with E-state index in [2.05, 4.69) is 41.5 Å². The van der Waals surface area contributed by atoms with Crippen LogP contribution in [0.2, 0.25) is 0 Å². The zero-order chi connectivity index (χ0) is 27.7. The first-order chi connectivity index (χ1) is 16.5. The van der Waals surface area contributed by atoms with Crippen molar-refractivity contribution in [3.63, 3.8) is 0 Å². The summed E-state index contributed by atoms with van der Waals surface area (Å²) in [5.74, 6) is 4.04. The van der Waals surface area contributed by atoms with Crippen LogP contribution in [0.15, 0.2) is 0 Å². The molecule has 0 spiro atoms. The summed E-state index contributed by atoms with van der Waals surface area (Å²) >= 11 is 0. The van der Waals surface area contributed by atoms with Gasteiger partial charge in [-0.2, -0.15) is 0 Å². The molecule has 0 bridgehead atoms. The first-order valence-electron chi connectivity index (χ1n) is 13.8. The van der Waals surface area contributed by atoms with Gasteiger partial charge >= 0.3 is 37.4 Å². The van der Waals surface area contributed by atoms with Gasteiger partial charge in [-0.1, -0.05) is 72.6 Å². The molecule has 1 aromatic carbocycles. The number of phosphoric acid groups is 1. The predicted molar refractivity (Wildman–Crippen MR) is 156 cm³/mol. The number of rotatable bonds is 12. The molecule has 8 heteroatoms. The van der Waals surface area contributed by atoms with Gasteiger partial charge < -0.3 is 24.5 Å². The number of ether oxygens (including phenoxy) is 1. The Kier molecular flexibility index (Phi) is 16.9. The summed E-state index contributed by atoms with van der Waals surface area (Å²) in [5, 5.41) is 10.4. The van der Waals surface area contributed by atoms with E-state index in [0.717, 1.165) is 59.5 Å². The van der Waals surface area contributed by atoms with Gasteiger partial charge in [0.25, 0.3) is 0 Å². The summed E-state index contributed by atoms with van der Waals surface area (Å²) in [6, 6.07) is 0. The molecule has 1 aliphatic heterocycles. The van der Waals surface area contributed by atoms with Crippen LogP contribution in [-0.4, -0.2) is 54.9 Å². The molecule has 3 atom stereocenters. The predicted octanol–water partition coefficient (Wildman–Crippen LogP) is 7.26. The molecule has 0 aliphatic carbocycles. The van der Waals surface area contributed by atoms with Crippen molar-refractivity contribution in [2.45, 2.75) is 132 Å². The molecule has 0 radical (unpaired) electrons. The Morgan fingerprint density at radius 1 is 0.838 bits per heavy atom. The van der Waals surface area contributed by atoms with E-state index in [-0.39, 0.29) is 35.2 Å². The normalized spacial score (nSPS) is 18.7. The average Bonchev–Trinajstić information content (AvgIpc) is 2.74. The number of hydrogen-bond acceptors (Lipinski definition) is 3. The van der Waals surface area contributed by atoms with Gasteiger partial charge in [-0.3, -0.25) is 0 Å². The van der Waals surface area contributed by atoms with Crippen molar-refractivity contribution in [3.8, 4) is 11.5 Å². The quantitative estimate of drug-likeness (QED) is 0.161. The molecule has 0 saturated carbocycles. The van der Waals surface area contributed by atoms with Crippen LogP contribution in [0.25, 0.3) is 0 Å². The topological polar surface area (TPSA) is 107 Å². The second-order valence-electron chi connectivity index (χ2n) is 12.0. The number of phenolic OH excluding ortho intramolecular Hbond substituents is 1. The van der Waals surface area contributed by atoms with Crippen molar-refractivity contribution in [3.05, 3.63) is 22.3 Å². The van der Waals surface area contributed by atoms with E-state index >= 15 is 0 Å². The Balaban J connectivity index is 0.00000196. The molecule has 4 N–H and O–H groups in total. The molecule has 1 heterocycles. The van der Waals surface area contributed by atoms with Crippen molar-refractivity contribution in [2.75, 3.05) is 0 Å². The molecule has 37 heavy (non-hydrogen) atoms. The van der Waals surface area contributed by atoms with Gasteiger partial charge in [0.2, 0.25) is 0 Å². The molecule has 1 aromatic rings. The second-order valence-corrected chi connectivity index (χ2v) is 13.0. The molecular weight excluding hydrogens is 498 g/mol. The van der Waals surface area contributed by atoms with Crippen LogP contribution in [-0.2, 0) is 11.0 Å². The summed E-state index contributed by atoms with van der Waals surface area (Å²) in [5.41, 5.74) is 4.23. The van der Waals surface area contributed by atoms with Gasteiger partial charge in [-0.25, -0.2) is 4.57 Å². The summed E-state index contributed by atoms with van der Waals surface area (Å²) in [6.45, 7) is 17.9. The SMILES string of the molecule is Cc1c(C)c2c(c(C)c1O)CC[C@@](C)(CCC[C@H](C)CCC[C@H](C)CCCC(C)C)O2.O=P(O)(O)O.[NaH]. The molecule has 2 rings (SSSR count). The van der Waals surface area contributed by atoms with Crippen LogP contribution < -0.4 is 4.74 Å². The maximum atomic E-state index is 10.4. The van der Waals surface area contributed by atoms with Crippen LogP contribution in [0.4, 0.5) is 0 Å². The molecule has 1 aliphatic rings. The fourth-order valence-electron chi connectivity index (χ4n) is 5.27. The Morgan fingerprint density at radius 2 is 1.30 bits per heavy atom. The molecule has 6 nitrogen and oxygen atoms in total. The molecule has 0 fully saturated rings. The minimum absolute atomic E-state index is 0. The first kappa shape index (κ1) is 36.9. The van der Waals surface area contributed by atoms with Gasteiger partial charge in [0.05, 0.1) is 0 Å². The number of phenols is 1. The fraction of sp³-hybridized carbons (Fsp3) is 0.793. The summed E-state index contributed by atoms with van der Waals surface area (Å²) < 4.78 is 15.5. The minimum atomic E-state index is -4.64. The number of aromatic hydroxyl groups is 1. The van der Waals surface area contributed by atoms with E-state index in [4.69, 9.17) is 24.0 Å². The van der Waals surface area contributed by atoms with Gasteiger partial charge in [-0.05, 0) is 87.8 Å². The van der Waals surface area contributed by atoms with Crippen LogP contribution >= 0.6 is 7.82 Å². The molecule has 0 amide bonds. The summed E-state index contributed by atoms with van der Waals surface area (Å²) in [6.07, 6.45) is 14.1. The molecule has 0 aromatic heterocycles. The number of fused-ring (bicyclic) bond motifs is 1. The van der Waals surface area contributed by atoms with Crippen LogP contribution in [0.5, 0.6) is 11.5 Å². The summed E-state index contributed by atoms with van der Waals surface area (Å²) in [7, 11) is -4.64. The Hall–Kier alpha value is -0.0700. The zero-order valence-corrected chi connectivity index (χ0v) is 25.0. The van der Waals surface area contributed by atoms with Gasteiger partial charge in [-0.15, -0.1) is 0 Å². The number of benzene rings is 1. The Bertz CT molecular complexity index is 860. The van der Waals surface area contributed by atoms with Crippen molar-refractivity contribution >= 4 is 37.4 Å². The second kappa shape index (κ2) is 16.9. The molecule has 212 valence electrons. The average molecular weight is 553 g/mol. The Morgan fingerprint density at radius 3 is 1.78 bits per heavy atom. The molecular formula is C29H54NaO6P. The third-order valence-corrected chi connectivity index (χ3v) is 7.87. The van der Waals surface area contributed by atoms with Crippen molar-refractivity contribution in [2.24, 2.45) is 17.8 Å². The van der Waals surface area contributed by atoms with Gasteiger partial charge in [0.15, 0.2) is 0 Å². The van der Waals surface area contributed by atoms with E-state index in [0.29, 0.717) is 5.75 Å². The van der Waals surface area contributed by atoms with Crippen LogP contribution in [0.3, 0.4) is 0 Å². The van der Waals surface area contributed by atoms with E-state index in [1.807, 2.05) is 13.8 Å². The maximum absolute atomic E-state index is 10.4. The third-order valence-electron chi connectivity index (χ3n) is 7.87. The van der Waals surface area contributed by atoms with Crippen molar-refractivity contribution < 1.29 is 29.1 Å². The van der Waals surface area contributed by atoms with E-state index < -0.39 is 7.82 Å². The van der Waals surface area contributed by atoms with Crippen LogP contribution in [0.1, 0.15) is 121 Å². The zero-order valence-electron chi connectivity index (χ0n) is 24.1. The van der Waals surface area contributed by atoms with Gasteiger partial charge in [0.1, 0.15) is 17.1 Å². The third kappa shape index (κ3) is 14.2. The van der Waals surface area contributed by atoms with E-state index in [1.165, 1.54) is 56.9 Å². The van der Waals surface area contributed by atoms with E-state index in [1.54, 1.807) is 0 Å². The van der Waals surface area contributed by atoms with E-state index in [9.17, 15) is 5.11 Å². The Labute approximate surface area is 248 Å². The monoisotopic (exact) mass is 552 g/mol. The van der Waals surface area contributed by atoms with Crippen LogP contribution in [0, 0.1) is 38.5 Å². The van der Waals surface area contributed by atoms with Crippen molar-refractivity contribution in [1.29, 1.82) is 0 Å².